The molecule has 2 aliphatic heterocycles. The first kappa shape index (κ1) is 21.6. The fraction of sp³-hybridized carbons (Fsp3) is 0.348. The van der Waals surface area contributed by atoms with Crippen molar-refractivity contribution in [3.63, 3.8) is 0 Å². The van der Waals surface area contributed by atoms with Crippen LogP contribution in [0.15, 0.2) is 30.2 Å². The first-order valence-corrected chi connectivity index (χ1v) is 11.5. The number of fused-ring (bicyclic) bond motifs is 1. The normalized spacial score (nSPS) is 18.6. The highest BCUT2D eigenvalue weighted by atomic mass is 35.5. The van der Waals surface area contributed by atoms with Crippen LogP contribution in [0.25, 0.3) is 5.70 Å². The molecule has 0 bridgehead atoms. The molecule has 2 N–H and O–H groups in total. The van der Waals surface area contributed by atoms with Crippen molar-refractivity contribution in [1.29, 1.82) is 0 Å². The van der Waals surface area contributed by atoms with E-state index < -0.39 is 6.04 Å². The van der Waals surface area contributed by atoms with Crippen LogP contribution in [-0.4, -0.2) is 28.7 Å². The van der Waals surface area contributed by atoms with Gasteiger partial charge in [-0.1, -0.05) is 30.3 Å². The second kappa shape index (κ2) is 8.85. The molecule has 1 aromatic heterocycles. The number of aryl methyl sites for hydroxylation is 1. The maximum Gasteiger partial charge on any atom is 0.249 e. The summed E-state index contributed by atoms with van der Waals surface area (Å²) in [5.74, 6) is -0.550. The minimum absolute atomic E-state index is 0.0718. The third-order valence-corrected chi connectivity index (χ3v) is 7.27. The van der Waals surface area contributed by atoms with Gasteiger partial charge in [0.1, 0.15) is 6.04 Å². The Bertz CT molecular complexity index is 1080. The second-order valence-electron chi connectivity index (χ2n) is 7.98. The predicted octanol–water partition coefficient (Wildman–Crippen LogP) is 3.55. The molecule has 2 aromatic rings. The lowest BCUT2D eigenvalue weighted by molar-refractivity contribution is -0.131. The van der Waals surface area contributed by atoms with Crippen LogP contribution in [0.5, 0.6) is 0 Å². The molecular weight excluding hydrogens is 434 g/mol. The van der Waals surface area contributed by atoms with Crippen molar-refractivity contribution >= 4 is 46.4 Å². The van der Waals surface area contributed by atoms with Gasteiger partial charge in [-0.3, -0.25) is 19.7 Å². The number of hydrogen-bond donors (Lipinski definition) is 2. The number of thiophene rings is 1. The van der Waals surface area contributed by atoms with Gasteiger partial charge in [-0.2, -0.15) is 0 Å². The molecule has 3 amide bonds. The van der Waals surface area contributed by atoms with Gasteiger partial charge in [0.25, 0.3) is 0 Å². The summed E-state index contributed by atoms with van der Waals surface area (Å²) in [4.78, 5) is 39.6. The Morgan fingerprint density at radius 3 is 2.97 bits per heavy atom. The molecule has 0 spiro atoms. The van der Waals surface area contributed by atoms with Gasteiger partial charge in [0.15, 0.2) is 0 Å². The molecule has 4 rings (SSSR count). The highest BCUT2D eigenvalue weighted by molar-refractivity contribution is 7.10. The summed E-state index contributed by atoms with van der Waals surface area (Å²) in [6, 6.07) is 5.25. The quantitative estimate of drug-likeness (QED) is 0.673. The van der Waals surface area contributed by atoms with Crippen molar-refractivity contribution in [1.82, 2.24) is 15.5 Å². The molecule has 0 saturated carbocycles. The second-order valence-corrected chi connectivity index (χ2v) is 9.35. The third-order valence-electron chi connectivity index (χ3n) is 5.84. The molecule has 1 saturated heterocycles. The van der Waals surface area contributed by atoms with Gasteiger partial charge >= 0.3 is 0 Å². The van der Waals surface area contributed by atoms with E-state index in [1.165, 1.54) is 0 Å². The molecule has 1 aromatic carbocycles. The molecule has 1 fully saturated rings. The Morgan fingerprint density at radius 1 is 1.39 bits per heavy atom. The SMILES string of the molecule is C=C1c2csc(CNC(=O)Cc3ccc(C)c(Cl)c3)c2CN1[C@H]1CCCC(=O)NC1=O. The number of nitrogens with one attached hydrogen (secondary N) is 2. The van der Waals surface area contributed by atoms with E-state index >= 15 is 0 Å². The lowest BCUT2D eigenvalue weighted by atomic mass is 10.1. The van der Waals surface area contributed by atoms with Crippen LogP contribution >= 0.6 is 22.9 Å². The highest BCUT2D eigenvalue weighted by Gasteiger charge is 2.36. The zero-order valence-electron chi connectivity index (χ0n) is 17.3. The van der Waals surface area contributed by atoms with Crippen molar-refractivity contribution in [3.8, 4) is 0 Å². The zero-order chi connectivity index (χ0) is 22.1. The van der Waals surface area contributed by atoms with Gasteiger partial charge in [-0.15, -0.1) is 11.3 Å². The predicted molar refractivity (Wildman–Crippen MR) is 121 cm³/mol. The molecule has 3 heterocycles. The first-order valence-electron chi connectivity index (χ1n) is 10.2. The summed E-state index contributed by atoms with van der Waals surface area (Å²) in [7, 11) is 0. The summed E-state index contributed by atoms with van der Waals surface area (Å²) in [6.07, 6.45) is 1.93. The van der Waals surface area contributed by atoms with Gasteiger partial charge in [-0.25, -0.2) is 0 Å². The van der Waals surface area contributed by atoms with Gasteiger partial charge in [0.05, 0.1) is 13.0 Å². The minimum atomic E-state index is -0.398. The molecule has 0 aliphatic carbocycles. The van der Waals surface area contributed by atoms with Crippen molar-refractivity contribution in [3.05, 3.63) is 62.3 Å². The summed E-state index contributed by atoms with van der Waals surface area (Å²) >= 11 is 7.73. The van der Waals surface area contributed by atoms with E-state index in [-0.39, 0.29) is 24.1 Å². The molecule has 0 unspecified atom stereocenters. The molecule has 1 atom stereocenters. The number of amides is 3. The largest absolute Gasteiger partial charge is 0.355 e. The first-order chi connectivity index (χ1) is 14.8. The van der Waals surface area contributed by atoms with E-state index in [2.05, 4.69) is 17.2 Å². The Balaban J connectivity index is 1.40. The Morgan fingerprint density at radius 2 is 2.19 bits per heavy atom. The fourth-order valence-electron chi connectivity index (χ4n) is 4.05. The number of halogens is 1. The van der Waals surface area contributed by atoms with Crippen LogP contribution in [0.4, 0.5) is 0 Å². The third kappa shape index (κ3) is 4.52. The Labute approximate surface area is 190 Å². The molecule has 162 valence electrons. The van der Waals surface area contributed by atoms with Crippen LogP contribution in [0.1, 0.15) is 46.4 Å². The molecule has 31 heavy (non-hydrogen) atoms. The van der Waals surface area contributed by atoms with Gasteiger partial charge in [0, 0.05) is 39.5 Å². The van der Waals surface area contributed by atoms with Gasteiger partial charge < -0.3 is 10.2 Å². The topological polar surface area (TPSA) is 78.5 Å². The van der Waals surface area contributed by atoms with E-state index in [0.29, 0.717) is 37.4 Å². The smallest absolute Gasteiger partial charge is 0.249 e. The Hall–Kier alpha value is -2.64. The van der Waals surface area contributed by atoms with Crippen LogP contribution in [0.3, 0.4) is 0 Å². The molecule has 6 nitrogen and oxygen atoms in total. The number of benzene rings is 1. The van der Waals surface area contributed by atoms with E-state index in [1.807, 2.05) is 35.4 Å². The highest BCUT2D eigenvalue weighted by Crippen LogP contribution is 2.39. The molecule has 8 heteroatoms. The lowest BCUT2D eigenvalue weighted by Gasteiger charge is -2.28. The van der Waals surface area contributed by atoms with Crippen molar-refractivity contribution in [2.24, 2.45) is 0 Å². The summed E-state index contributed by atoms with van der Waals surface area (Å²) < 4.78 is 0. The van der Waals surface area contributed by atoms with Crippen LogP contribution in [0, 0.1) is 6.92 Å². The minimum Gasteiger partial charge on any atom is -0.355 e. The molecule has 0 radical (unpaired) electrons. The zero-order valence-corrected chi connectivity index (χ0v) is 18.9. The number of rotatable bonds is 5. The van der Waals surface area contributed by atoms with Gasteiger partial charge in [0.2, 0.25) is 17.7 Å². The van der Waals surface area contributed by atoms with Crippen LogP contribution in [0.2, 0.25) is 5.02 Å². The van der Waals surface area contributed by atoms with E-state index in [1.54, 1.807) is 11.3 Å². The summed E-state index contributed by atoms with van der Waals surface area (Å²) in [5.41, 5.74) is 4.77. The van der Waals surface area contributed by atoms with Crippen molar-refractivity contribution in [2.75, 3.05) is 0 Å². The standard InChI is InChI=1S/C23H24ClN3O3S/c1-13-6-7-15(8-18(13)24)9-22(29)25-10-20-16-11-27(14(2)17(16)12-31-20)19-4-3-5-21(28)26-23(19)30/h6-8,12,19H,2-5,9-11H2,1H3,(H,25,29)(H,26,28,30)/t19-/m0/s1. The number of carbonyl (C=O) groups is 3. The lowest BCUT2D eigenvalue weighted by Crippen LogP contribution is -2.44. The van der Waals surface area contributed by atoms with Gasteiger partial charge in [-0.05, 0) is 42.5 Å². The number of nitrogens with zero attached hydrogens (tertiary/aromatic N) is 1. The molecular formula is C23H24ClN3O3S. The maximum absolute atomic E-state index is 12.5. The van der Waals surface area contributed by atoms with Crippen LogP contribution in [-0.2, 0) is 33.9 Å². The summed E-state index contributed by atoms with van der Waals surface area (Å²) in [6.45, 7) is 7.10. The summed E-state index contributed by atoms with van der Waals surface area (Å²) in [5, 5.41) is 8.14. The van der Waals surface area contributed by atoms with E-state index in [9.17, 15) is 14.4 Å². The number of carbonyl (C=O) groups excluding carboxylic acids is 3. The number of hydrogen-bond acceptors (Lipinski definition) is 5. The monoisotopic (exact) mass is 457 g/mol. The number of imide groups is 1. The maximum atomic E-state index is 12.5. The molecule has 2 aliphatic rings. The average molecular weight is 458 g/mol. The van der Waals surface area contributed by atoms with Crippen molar-refractivity contribution < 1.29 is 14.4 Å². The fourth-order valence-corrected chi connectivity index (χ4v) is 5.26. The average Bonchev–Trinajstić information content (AvgIpc) is 3.21. The van der Waals surface area contributed by atoms with Crippen LogP contribution < -0.4 is 10.6 Å². The Kier molecular flexibility index (Phi) is 6.16. The van der Waals surface area contributed by atoms with E-state index in [0.717, 1.165) is 32.8 Å². The van der Waals surface area contributed by atoms with Crippen molar-refractivity contribution in [2.45, 2.75) is 51.7 Å². The van der Waals surface area contributed by atoms with E-state index in [4.69, 9.17) is 11.6 Å².